The van der Waals surface area contributed by atoms with Crippen LogP contribution in [-0.2, 0) is 11.2 Å². The van der Waals surface area contributed by atoms with Gasteiger partial charge in [0.2, 0.25) is 0 Å². The number of aromatic nitrogens is 1. The Bertz CT molecular complexity index is 280. The molecule has 0 aliphatic rings. The lowest BCUT2D eigenvalue weighted by Crippen LogP contribution is -1.95. The first-order valence-corrected chi connectivity index (χ1v) is 4.00. The Hall–Kier alpha value is -0.640. The summed E-state index contributed by atoms with van der Waals surface area (Å²) >= 11 is 3.08. The molecule has 4 heteroatoms. The van der Waals surface area contributed by atoms with E-state index in [-0.39, 0.29) is 5.78 Å². The van der Waals surface area contributed by atoms with Crippen molar-refractivity contribution in [2.24, 2.45) is 0 Å². The van der Waals surface area contributed by atoms with Crippen molar-refractivity contribution in [1.29, 1.82) is 0 Å². The molecule has 0 aliphatic heterocycles. The Morgan fingerprint density at radius 1 is 1.73 bits per heavy atom. The van der Waals surface area contributed by atoms with Crippen molar-refractivity contribution in [2.45, 2.75) is 20.3 Å². The molecule has 0 amide bonds. The third-order valence-corrected chi connectivity index (χ3v) is 1.62. The van der Waals surface area contributed by atoms with Gasteiger partial charge in [0.05, 0.1) is 12.1 Å². The van der Waals surface area contributed by atoms with Gasteiger partial charge in [-0.25, -0.2) is 4.98 Å². The number of hydrogen-bond donors (Lipinski definition) is 0. The second kappa shape index (κ2) is 3.17. The number of Topliss-reactive ketones (excluding diaryl/α,β-unsaturated/α-hetero) is 1. The van der Waals surface area contributed by atoms with E-state index in [1.807, 2.05) is 6.92 Å². The highest BCUT2D eigenvalue weighted by Crippen LogP contribution is 2.15. The molecule has 0 unspecified atom stereocenters. The Kier molecular flexibility index (Phi) is 2.44. The summed E-state index contributed by atoms with van der Waals surface area (Å²) in [4.78, 5) is 15.1. The number of hydrogen-bond acceptors (Lipinski definition) is 3. The topological polar surface area (TPSA) is 43.1 Å². The van der Waals surface area contributed by atoms with Crippen LogP contribution in [0.4, 0.5) is 0 Å². The first-order valence-electron chi connectivity index (χ1n) is 3.21. The predicted octanol–water partition coefficient (Wildman–Crippen LogP) is 1.88. The molecule has 1 aromatic rings. The number of oxazole rings is 1. The lowest BCUT2D eigenvalue weighted by atomic mass is 10.2. The summed E-state index contributed by atoms with van der Waals surface area (Å²) in [6, 6.07) is 0. The van der Waals surface area contributed by atoms with Crippen molar-refractivity contribution in [3.05, 3.63) is 16.3 Å². The fraction of sp³-hybridized carbons (Fsp3) is 0.429. The molecule has 0 saturated heterocycles. The number of rotatable bonds is 2. The largest absolute Gasteiger partial charge is 0.436 e. The van der Waals surface area contributed by atoms with Gasteiger partial charge in [-0.15, -0.1) is 0 Å². The number of carbonyl (C=O) groups is 1. The Balaban J connectivity index is 2.85. The molecule has 60 valence electrons. The molecule has 0 bridgehead atoms. The Morgan fingerprint density at radius 3 is 2.73 bits per heavy atom. The molecule has 0 atom stereocenters. The van der Waals surface area contributed by atoms with Gasteiger partial charge in [-0.05, 0) is 13.8 Å². The summed E-state index contributed by atoms with van der Waals surface area (Å²) in [7, 11) is 0. The second-order valence-corrected chi connectivity index (χ2v) is 3.03. The lowest BCUT2D eigenvalue weighted by molar-refractivity contribution is -0.116. The highest BCUT2D eigenvalue weighted by Gasteiger charge is 2.08. The van der Waals surface area contributed by atoms with Gasteiger partial charge in [-0.2, -0.15) is 0 Å². The van der Waals surface area contributed by atoms with E-state index in [1.54, 1.807) is 0 Å². The van der Waals surface area contributed by atoms with Gasteiger partial charge in [0.25, 0.3) is 4.80 Å². The summed E-state index contributed by atoms with van der Waals surface area (Å²) in [6.45, 7) is 3.34. The number of aryl methyl sites for hydroxylation is 1. The van der Waals surface area contributed by atoms with Crippen molar-refractivity contribution < 1.29 is 9.21 Å². The minimum absolute atomic E-state index is 0.0803. The van der Waals surface area contributed by atoms with Crippen LogP contribution in [0.3, 0.4) is 0 Å². The minimum atomic E-state index is 0.0803. The monoisotopic (exact) mass is 217 g/mol. The molecular formula is C7H8BrNO2. The van der Waals surface area contributed by atoms with E-state index in [9.17, 15) is 4.79 Å². The molecular weight excluding hydrogens is 210 g/mol. The van der Waals surface area contributed by atoms with Crippen molar-refractivity contribution in [3.8, 4) is 0 Å². The molecule has 0 aliphatic carbocycles. The SMILES string of the molecule is CC(=O)Cc1oc(Br)nc1C. The summed E-state index contributed by atoms with van der Waals surface area (Å²) in [5.41, 5.74) is 0.770. The zero-order valence-electron chi connectivity index (χ0n) is 6.35. The van der Waals surface area contributed by atoms with Crippen LogP contribution >= 0.6 is 15.9 Å². The van der Waals surface area contributed by atoms with E-state index in [1.165, 1.54) is 6.92 Å². The van der Waals surface area contributed by atoms with Gasteiger partial charge in [0.1, 0.15) is 11.5 Å². The van der Waals surface area contributed by atoms with E-state index < -0.39 is 0 Å². The maximum atomic E-state index is 10.7. The predicted molar refractivity (Wildman–Crippen MR) is 43.3 cm³/mol. The fourth-order valence-electron chi connectivity index (χ4n) is 0.783. The van der Waals surface area contributed by atoms with Gasteiger partial charge in [-0.3, -0.25) is 4.79 Å². The highest BCUT2D eigenvalue weighted by molar-refractivity contribution is 9.10. The van der Waals surface area contributed by atoms with Gasteiger partial charge in [-0.1, -0.05) is 0 Å². The smallest absolute Gasteiger partial charge is 0.264 e. The Morgan fingerprint density at radius 2 is 2.36 bits per heavy atom. The molecule has 0 spiro atoms. The molecule has 1 rings (SSSR count). The average Bonchev–Trinajstić information content (AvgIpc) is 2.09. The number of halogens is 1. The molecule has 0 fully saturated rings. The van der Waals surface area contributed by atoms with E-state index in [4.69, 9.17) is 4.42 Å². The fourth-order valence-corrected chi connectivity index (χ4v) is 1.24. The molecule has 1 aromatic heterocycles. The normalized spacial score (nSPS) is 10.1. The molecule has 11 heavy (non-hydrogen) atoms. The van der Waals surface area contributed by atoms with Gasteiger partial charge < -0.3 is 4.42 Å². The molecule has 3 nitrogen and oxygen atoms in total. The lowest BCUT2D eigenvalue weighted by Gasteiger charge is -1.89. The maximum Gasteiger partial charge on any atom is 0.264 e. The molecule has 0 N–H and O–H groups in total. The minimum Gasteiger partial charge on any atom is -0.436 e. The summed E-state index contributed by atoms with van der Waals surface area (Å²) in [6.07, 6.45) is 0.324. The number of carbonyl (C=O) groups excluding carboxylic acids is 1. The maximum absolute atomic E-state index is 10.7. The zero-order valence-corrected chi connectivity index (χ0v) is 7.93. The van der Waals surface area contributed by atoms with E-state index in [0.29, 0.717) is 17.0 Å². The van der Waals surface area contributed by atoms with Crippen molar-refractivity contribution in [2.75, 3.05) is 0 Å². The Labute approximate surface area is 72.9 Å². The summed E-state index contributed by atoms with van der Waals surface area (Å²) in [5, 5.41) is 0. The van der Waals surface area contributed by atoms with Crippen LogP contribution < -0.4 is 0 Å². The number of nitrogens with zero attached hydrogens (tertiary/aromatic N) is 1. The van der Waals surface area contributed by atoms with Crippen LogP contribution in [-0.4, -0.2) is 10.8 Å². The van der Waals surface area contributed by atoms with Gasteiger partial charge >= 0.3 is 0 Å². The van der Waals surface area contributed by atoms with Crippen molar-refractivity contribution >= 4 is 21.7 Å². The quantitative estimate of drug-likeness (QED) is 0.760. The van der Waals surface area contributed by atoms with E-state index in [0.717, 1.165) is 5.69 Å². The second-order valence-electron chi connectivity index (χ2n) is 2.35. The average molecular weight is 218 g/mol. The molecule has 0 radical (unpaired) electrons. The van der Waals surface area contributed by atoms with Gasteiger partial charge in [0, 0.05) is 15.9 Å². The summed E-state index contributed by atoms with van der Waals surface area (Å²) < 4.78 is 5.11. The molecule has 1 heterocycles. The zero-order chi connectivity index (χ0) is 8.43. The van der Waals surface area contributed by atoms with Crippen molar-refractivity contribution in [3.63, 3.8) is 0 Å². The first-order chi connectivity index (χ1) is 5.09. The van der Waals surface area contributed by atoms with Crippen LogP contribution in [0.5, 0.6) is 0 Å². The summed E-state index contributed by atoms with van der Waals surface area (Å²) in [5.74, 6) is 0.723. The van der Waals surface area contributed by atoms with Crippen LogP contribution in [0.2, 0.25) is 0 Å². The van der Waals surface area contributed by atoms with E-state index in [2.05, 4.69) is 20.9 Å². The van der Waals surface area contributed by atoms with Crippen LogP contribution in [0.1, 0.15) is 18.4 Å². The van der Waals surface area contributed by atoms with Crippen LogP contribution in [0, 0.1) is 6.92 Å². The van der Waals surface area contributed by atoms with Crippen molar-refractivity contribution in [1.82, 2.24) is 4.98 Å². The first kappa shape index (κ1) is 8.46. The third kappa shape index (κ3) is 2.15. The highest BCUT2D eigenvalue weighted by atomic mass is 79.9. The van der Waals surface area contributed by atoms with Gasteiger partial charge in [0.15, 0.2) is 0 Å². The van der Waals surface area contributed by atoms with Crippen LogP contribution in [0.15, 0.2) is 9.22 Å². The standard InChI is InChI=1S/C7H8BrNO2/c1-4(10)3-6-5(2)9-7(8)11-6/h3H2,1-2H3. The molecule has 0 aromatic carbocycles. The van der Waals surface area contributed by atoms with Crippen LogP contribution in [0.25, 0.3) is 0 Å². The third-order valence-electron chi connectivity index (χ3n) is 1.28. The number of ketones is 1. The van der Waals surface area contributed by atoms with E-state index >= 15 is 0 Å². The molecule has 0 saturated carbocycles.